The summed E-state index contributed by atoms with van der Waals surface area (Å²) < 4.78 is 0. The summed E-state index contributed by atoms with van der Waals surface area (Å²) in [6, 6.07) is 5.38. The van der Waals surface area contributed by atoms with Gasteiger partial charge in [-0.25, -0.2) is 4.98 Å². The smallest absolute Gasteiger partial charge is 0.161 e. The molecule has 0 atom stereocenters. The van der Waals surface area contributed by atoms with E-state index in [1.807, 2.05) is 6.07 Å². The molecular formula is C13H16N4O. The van der Waals surface area contributed by atoms with E-state index in [9.17, 15) is 4.79 Å². The van der Waals surface area contributed by atoms with Gasteiger partial charge in [0.1, 0.15) is 5.82 Å². The summed E-state index contributed by atoms with van der Waals surface area (Å²) in [6.07, 6.45) is 4.32. The molecule has 0 radical (unpaired) electrons. The van der Waals surface area contributed by atoms with Crippen LogP contribution in [0.2, 0.25) is 0 Å². The van der Waals surface area contributed by atoms with Crippen molar-refractivity contribution in [1.82, 2.24) is 9.97 Å². The molecule has 1 heterocycles. The normalized spacial score (nSPS) is 10.3. The van der Waals surface area contributed by atoms with Gasteiger partial charge in [-0.1, -0.05) is 0 Å². The van der Waals surface area contributed by atoms with Crippen molar-refractivity contribution >= 4 is 17.2 Å². The maximum atomic E-state index is 11.4. The van der Waals surface area contributed by atoms with Gasteiger partial charge in [-0.2, -0.15) is 0 Å². The Morgan fingerprint density at radius 3 is 3.00 bits per heavy atom. The molecule has 0 aliphatic carbocycles. The van der Waals surface area contributed by atoms with Crippen molar-refractivity contribution in [3.8, 4) is 0 Å². The van der Waals surface area contributed by atoms with Gasteiger partial charge < -0.3 is 16.0 Å². The Balaban J connectivity index is 1.97. The minimum atomic E-state index is -0.0258. The van der Waals surface area contributed by atoms with Crippen molar-refractivity contribution in [3.05, 3.63) is 42.0 Å². The highest BCUT2D eigenvalue weighted by molar-refractivity contribution is 5.99. The van der Waals surface area contributed by atoms with Crippen LogP contribution in [0.1, 0.15) is 23.1 Å². The summed E-state index contributed by atoms with van der Waals surface area (Å²) in [5, 5.41) is 3.24. The average Bonchev–Trinajstić information content (AvgIpc) is 2.84. The molecule has 0 spiro atoms. The van der Waals surface area contributed by atoms with Gasteiger partial charge in [-0.3, -0.25) is 4.79 Å². The molecule has 0 amide bonds. The molecule has 0 saturated carbocycles. The third-order valence-corrected chi connectivity index (χ3v) is 2.68. The van der Waals surface area contributed by atoms with Crippen LogP contribution >= 0.6 is 0 Å². The molecule has 1 aromatic heterocycles. The molecule has 94 valence electrons. The zero-order chi connectivity index (χ0) is 13.0. The van der Waals surface area contributed by atoms with Crippen LogP contribution in [0.15, 0.2) is 30.6 Å². The van der Waals surface area contributed by atoms with Gasteiger partial charge in [0.15, 0.2) is 5.78 Å². The van der Waals surface area contributed by atoms with Gasteiger partial charge in [-0.15, -0.1) is 0 Å². The van der Waals surface area contributed by atoms with Crippen LogP contribution in [0, 0.1) is 0 Å². The summed E-state index contributed by atoms with van der Waals surface area (Å²) in [7, 11) is 0. The van der Waals surface area contributed by atoms with Gasteiger partial charge in [-0.05, 0) is 25.1 Å². The molecule has 0 fully saturated rings. The van der Waals surface area contributed by atoms with Gasteiger partial charge in [0.2, 0.25) is 0 Å². The minimum Gasteiger partial charge on any atom is -0.398 e. The fourth-order valence-electron chi connectivity index (χ4n) is 1.73. The molecule has 1 aromatic carbocycles. The molecule has 0 bridgehead atoms. The van der Waals surface area contributed by atoms with Crippen molar-refractivity contribution < 1.29 is 4.79 Å². The Kier molecular flexibility index (Phi) is 3.62. The molecular weight excluding hydrogens is 228 g/mol. The molecule has 0 aliphatic rings. The number of benzene rings is 1. The van der Waals surface area contributed by atoms with Crippen molar-refractivity contribution in [1.29, 1.82) is 0 Å². The standard InChI is InChI=1S/C13H16N4O/c1-9(18)11-8-10(2-3-12(11)14)15-5-4-13-16-6-7-17-13/h2-3,6-8,15H,4-5,14H2,1H3,(H,16,17). The number of H-pyrrole nitrogens is 1. The number of anilines is 2. The van der Waals surface area contributed by atoms with Gasteiger partial charge in [0.05, 0.1) is 0 Å². The van der Waals surface area contributed by atoms with E-state index in [0.29, 0.717) is 11.3 Å². The summed E-state index contributed by atoms with van der Waals surface area (Å²) in [4.78, 5) is 18.5. The number of nitrogen functional groups attached to an aromatic ring is 1. The van der Waals surface area contributed by atoms with Crippen molar-refractivity contribution in [2.24, 2.45) is 0 Å². The van der Waals surface area contributed by atoms with Crippen molar-refractivity contribution in [2.75, 3.05) is 17.6 Å². The second-order valence-corrected chi connectivity index (χ2v) is 4.07. The quantitative estimate of drug-likeness (QED) is 0.553. The van der Waals surface area contributed by atoms with Crippen molar-refractivity contribution in [3.63, 3.8) is 0 Å². The largest absolute Gasteiger partial charge is 0.398 e. The number of ketones is 1. The number of hydrogen-bond donors (Lipinski definition) is 3. The molecule has 0 aliphatic heterocycles. The number of Topliss-reactive ketones (excluding diaryl/α,β-unsaturated/α-hetero) is 1. The summed E-state index contributed by atoms with van der Waals surface area (Å²) in [5.41, 5.74) is 7.69. The third kappa shape index (κ3) is 2.88. The first-order valence-electron chi connectivity index (χ1n) is 5.79. The second-order valence-electron chi connectivity index (χ2n) is 4.07. The predicted octanol–water partition coefficient (Wildman–Crippen LogP) is 1.85. The van der Waals surface area contributed by atoms with E-state index >= 15 is 0 Å². The van der Waals surface area contributed by atoms with Gasteiger partial charge in [0, 0.05) is 42.3 Å². The lowest BCUT2D eigenvalue weighted by atomic mass is 10.1. The van der Waals surface area contributed by atoms with E-state index in [-0.39, 0.29) is 5.78 Å². The Bertz CT molecular complexity index is 534. The molecule has 2 rings (SSSR count). The monoisotopic (exact) mass is 244 g/mol. The number of carbonyl (C=O) groups excluding carboxylic acids is 1. The zero-order valence-electron chi connectivity index (χ0n) is 10.2. The fraction of sp³-hybridized carbons (Fsp3) is 0.231. The lowest BCUT2D eigenvalue weighted by Gasteiger charge is -2.08. The van der Waals surface area contributed by atoms with Crippen LogP contribution in [0.5, 0.6) is 0 Å². The molecule has 5 nitrogen and oxygen atoms in total. The number of nitrogens with one attached hydrogen (secondary N) is 2. The highest BCUT2D eigenvalue weighted by Crippen LogP contribution is 2.18. The lowest BCUT2D eigenvalue weighted by Crippen LogP contribution is -2.07. The summed E-state index contributed by atoms with van der Waals surface area (Å²) in [5.74, 6) is 0.909. The number of aromatic amines is 1. The first-order chi connectivity index (χ1) is 8.66. The molecule has 2 aromatic rings. The van der Waals surface area contributed by atoms with Crippen molar-refractivity contribution in [2.45, 2.75) is 13.3 Å². The van der Waals surface area contributed by atoms with E-state index in [2.05, 4.69) is 15.3 Å². The summed E-state index contributed by atoms with van der Waals surface area (Å²) in [6.45, 7) is 2.26. The third-order valence-electron chi connectivity index (χ3n) is 2.68. The number of nitrogens with zero attached hydrogens (tertiary/aromatic N) is 1. The number of rotatable bonds is 5. The molecule has 4 N–H and O–H groups in total. The van der Waals surface area contributed by atoms with Crippen LogP contribution in [0.25, 0.3) is 0 Å². The van der Waals surface area contributed by atoms with Gasteiger partial charge >= 0.3 is 0 Å². The highest BCUT2D eigenvalue weighted by Gasteiger charge is 2.05. The summed E-state index contributed by atoms with van der Waals surface area (Å²) >= 11 is 0. The Labute approximate surface area is 105 Å². The van der Waals surface area contributed by atoms with Crippen LogP contribution in [0.3, 0.4) is 0 Å². The maximum absolute atomic E-state index is 11.4. The molecule has 0 unspecified atom stereocenters. The molecule has 0 saturated heterocycles. The number of imidazole rings is 1. The SMILES string of the molecule is CC(=O)c1cc(NCCc2ncc[nH]2)ccc1N. The number of nitrogens with two attached hydrogens (primary N) is 1. The van der Waals surface area contributed by atoms with E-state index < -0.39 is 0 Å². The molecule has 5 heteroatoms. The Morgan fingerprint density at radius 1 is 1.50 bits per heavy atom. The topological polar surface area (TPSA) is 83.8 Å². The van der Waals surface area contributed by atoms with E-state index in [1.165, 1.54) is 6.92 Å². The van der Waals surface area contributed by atoms with Crippen LogP contribution in [0.4, 0.5) is 11.4 Å². The highest BCUT2D eigenvalue weighted by atomic mass is 16.1. The minimum absolute atomic E-state index is 0.0258. The fourth-order valence-corrected chi connectivity index (χ4v) is 1.73. The number of carbonyl (C=O) groups is 1. The first-order valence-corrected chi connectivity index (χ1v) is 5.79. The maximum Gasteiger partial charge on any atom is 0.161 e. The van der Waals surface area contributed by atoms with Crippen LogP contribution < -0.4 is 11.1 Å². The average molecular weight is 244 g/mol. The second kappa shape index (κ2) is 5.35. The molecule has 18 heavy (non-hydrogen) atoms. The van der Waals surface area contributed by atoms with Crippen LogP contribution in [-0.4, -0.2) is 22.3 Å². The van der Waals surface area contributed by atoms with Crippen LogP contribution in [-0.2, 0) is 6.42 Å². The number of aromatic nitrogens is 2. The Morgan fingerprint density at radius 2 is 2.33 bits per heavy atom. The van der Waals surface area contributed by atoms with E-state index in [4.69, 9.17) is 5.73 Å². The predicted molar refractivity (Wildman–Crippen MR) is 71.6 cm³/mol. The van der Waals surface area contributed by atoms with E-state index in [0.717, 1.165) is 24.5 Å². The van der Waals surface area contributed by atoms with Gasteiger partial charge in [0.25, 0.3) is 0 Å². The lowest BCUT2D eigenvalue weighted by molar-refractivity contribution is 0.101. The number of hydrogen-bond acceptors (Lipinski definition) is 4. The van der Waals surface area contributed by atoms with E-state index in [1.54, 1.807) is 24.5 Å². The zero-order valence-corrected chi connectivity index (χ0v) is 10.2. The first kappa shape index (κ1) is 12.2. The Hall–Kier alpha value is -2.30.